The van der Waals surface area contributed by atoms with Gasteiger partial charge in [0.05, 0.1) is 21.7 Å². The van der Waals surface area contributed by atoms with Gasteiger partial charge in [0.1, 0.15) is 0 Å². The number of nitrogens with one attached hydrogen (secondary N) is 1. The van der Waals surface area contributed by atoms with Crippen LogP contribution in [0.2, 0.25) is 10.0 Å². The second-order valence-electron chi connectivity index (χ2n) is 9.58. The largest absolute Gasteiger partial charge is 0.367 e. The summed E-state index contributed by atoms with van der Waals surface area (Å²) in [6.07, 6.45) is 1.99. The van der Waals surface area contributed by atoms with E-state index in [9.17, 15) is 9.59 Å². The third-order valence-corrected chi connectivity index (χ3v) is 8.42. The van der Waals surface area contributed by atoms with Crippen LogP contribution in [0, 0.1) is 23.2 Å². The first-order valence-corrected chi connectivity index (χ1v) is 11.4. The highest BCUT2D eigenvalue weighted by molar-refractivity contribution is 6.36. The predicted molar refractivity (Wildman–Crippen MR) is 127 cm³/mol. The number of hydrogen-bond donors (Lipinski definition) is 1. The first-order chi connectivity index (χ1) is 15.0. The molecule has 0 saturated heterocycles. The second kappa shape index (κ2) is 7.89. The molecule has 2 aliphatic carbocycles. The first-order valence-electron chi connectivity index (χ1n) is 10.6. The Labute approximate surface area is 198 Å². The molecule has 2 saturated carbocycles. The summed E-state index contributed by atoms with van der Waals surface area (Å²) in [6, 6.07) is 12.3. The first kappa shape index (κ1) is 22.8. The van der Waals surface area contributed by atoms with E-state index in [0.717, 1.165) is 29.8 Å². The normalized spacial score (nSPS) is 26.9. The van der Waals surface area contributed by atoms with Gasteiger partial charge in [0, 0.05) is 22.5 Å². The molecule has 0 heterocycles. The van der Waals surface area contributed by atoms with E-state index >= 15 is 0 Å². The van der Waals surface area contributed by atoms with E-state index in [4.69, 9.17) is 28.0 Å². The van der Waals surface area contributed by atoms with Gasteiger partial charge < -0.3 is 10.2 Å². The van der Waals surface area contributed by atoms with E-state index in [0.29, 0.717) is 11.4 Å². The van der Waals surface area contributed by atoms with Crippen molar-refractivity contribution in [2.24, 2.45) is 21.4 Å². The number of nitrogens with zero attached hydrogens (tertiary/aromatic N) is 1. The topological polar surface area (TPSA) is 67.8 Å². The van der Waals surface area contributed by atoms with Crippen molar-refractivity contribution >= 4 is 46.5 Å². The summed E-state index contributed by atoms with van der Waals surface area (Å²) >= 11 is 12.0. The minimum absolute atomic E-state index is 0.0210. The summed E-state index contributed by atoms with van der Waals surface area (Å²) in [5, 5.41) is 7.99. The van der Waals surface area contributed by atoms with Gasteiger partial charge >= 0.3 is 5.97 Å². The minimum Gasteiger partial charge on any atom is -0.326 e. The zero-order valence-electron chi connectivity index (χ0n) is 18.6. The van der Waals surface area contributed by atoms with Gasteiger partial charge in [-0.05, 0) is 55.5 Å². The average molecular weight is 473 g/mol. The van der Waals surface area contributed by atoms with E-state index in [-0.39, 0.29) is 27.3 Å². The van der Waals surface area contributed by atoms with Gasteiger partial charge in [-0.3, -0.25) is 4.79 Å². The summed E-state index contributed by atoms with van der Waals surface area (Å²) in [5.74, 6) is -0.672. The van der Waals surface area contributed by atoms with Gasteiger partial charge in [-0.1, -0.05) is 66.8 Å². The molecule has 2 atom stereocenters. The molecule has 2 bridgehead atoms. The molecule has 5 nitrogen and oxygen atoms in total. The Kier molecular flexibility index (Phi) is 5.62. The standard InChI is InChI=1S/C25H26Cl2N2O3/c1-15-5-8-17(9-6-15)28-22(31)25-12-11-24(4,23(25,2)3)20(14-25)29-32-21(30)18-10-7-16(26)13-19(18)27/h5-10,13H,11-12,14H2,1-4H3,(H,28,31). The van der Waals surface area contributed by atoms with Gasteiger partial charge in [-0.25, -0.2) is 4.79 Å². The maximum Gasteiger partial charge on any atom is 0.367 e. The molecule has 2 aliphatic rings. The summed E-state index contributed by atoms with van der Waals surface area (Å²) in [7, 11) is 0. The van der Waals surface area contributed by atoms with Crippen molar-refractivity contribution in [3.8, 4) is 0 Å². The smallest absolute Gasteiger partial charge is 0.326 e. The number of carbonyl (C=O) groups excluding carboxylic acids is 2. The van der Waals surface area contributed by atoms with E-state index in [1.807, 2.05) is 31.2 Å². The van der Waals surface area contributed by atoms with Crippen LogP contribution in [-0.2, 0) is 9.63 Å². The quantitative estimate of drug-likeness (QED) is 0.398. The van der Waals surface area contributed by atoms with Crippen molar-refractivity contribution in [3.05, 3.63) is 63.6 Å². The maximum absolute atomic E-state index is 13.5. The van der Waals surface area contributed by atoms with Crippen molar-refractivity contribution in [1.82, 2.24) is 0 Å². The number of fused-ring (bicyclic) bond motifs is 2. The van der Waals surface area contributed by atoms with Crippen molar-refractivity contribution in [2.75, 3.05) is 5.32 Å². The molecule has 1 N–H and O–H groups in total. The third kappa shape index (κ3) is 3.43. The van der Waals surface area contributed by atoms with Crippen LogP contribution in [0.1, 0.15) is 56.0 Å². The Morgan fingerprint density at radius 3 is 2.38 bits per heavy atom. The fraction of sp³-hybridized carbons (Fsp3) is 0.400. The Morgan fingerprint density at radius 1 is 1.03 bits per heavy atom. The number of carbonyl (C=O) groups is 2. The molecule has 2 aromatic rings. The maximum atomic E-state index is 13.5. The molecule has 2 aromatic carbocycles. The van der Waals surface area contributed by atoms with Crippen molar-refractivity contribution in [1.29, 1.82) is 0 Å². The number of anilines is 1. The summed E-state index contributed by atoms with van der Waals surface area (Å²) in [5.41, 5.74) is 1.47. The molecule has 0 spiro atoms. The second-order valence-corrected chi connectivity index (χ2v) is 10.4. The number of hydrogen-bond acceptors (Lipinski definition) is 4. The zero-order chi connectivity index (χ0) is 23.3. The average Bonchev–Trinajstić information content (AvgIpc) is 3.04. The van der Waals surface area contributed by atoms with Gasteiger partial charge in [-0.2, -0.15) is 0 Å². The van der Waals surface area contributed by atoms with Crippen LogP contribution in [0.4, 0.5) is 5.69 Å². The van der Waals surface area contributed by atoms with E-state index in [1.165, 1.54) is 12.1 Å². The van der Waals surface area contributed by atoms with Crippen LogP contribution >= 0.6 is 23.2 Å². The number of halogens is 2. The highest BCUT2D eigenvalue weighted by Gasteiger charge is 2.71. The molecule has 32 heavy (non-hydrogen) atoms. The molecule has 0 aliphatic heterocycles. The lowest BCUT2D eigenvalue weighted by Gasteiger charge is -2.39. The van der Waals surface area contributed by atoms with Crippen molar-refractivity contribution < 1.29 is 14.4 Å². The number of rotatable bonds is 4. The van der Waals surface area contributed by atoms with Crippen LogP contribution in [0.15, 0.2) is 47.6 Å². The lowest BCUT2D eigenvalue weighted by atomic mass is 9.64. The van der Waals surface area contributed by atoms with Crippen LogP contribution in [0.3, 0.4) is 0 Å². The fourth-order valence-corrected chi connectivity index (χ4v) is 5.70. The number of amides is 1. The molecular formula is C25H26Cl2N2O3. The Balaban J connectivity index is 1.59. The summed E-state index contributed by atoms with van der Waals surface area (Å²) < 4.78 is 0. The van der Waals surface area contributed by atoms with Crippen LogP contribution < -0.4 is 5.32 Å². The van der Waals surface area contributed by atoms with Crippen molar-refractivity contribution in [3.63, 3.8) is 0 Å². The molecule has 168 valence electrons. The van der Waals surface area contributed by atoms with Gasteiger partial charge in [0.25, 0.3) is 0 Å². The van der Waals surface area contributed by atoms with Gasteiger partial charge in [0.2, 0.25) is 5.91 Å². The third-order valence-electron chi connectivity index (χ3n) is 7.87. The number of oxime groups is 1. The van der Waals surface area contributed by atoms with Crippen LogP contribution in [-0.4, -0.2) is 17.6 Å². The van der Waals surface area contributed by atoms with E-state index in [2.05, 4.69) is 31.2 Å². The van der Waals surface area contributed by atoms with E-state index in [1.54, 1.807) is 6.07 Å². The molecule has 2 fully saturated rings. The molecular weight excluding hydrogens is 447 g/mol. The highest BCUT2D eigenvalue weighted by Crippen LogP contribution is 2.71. The molecule has 0 radical (unpaired) electrons. The van der Waals surface area contributed by atoms with Crippen LogP contribution in [0.5, 0.6) is 0 Å². The Morgan fingerprint density at radius 2 is 1.72 bits per heavy atom. The zero-order valence-corrected chi connectivity index (χ0v) is 20.1. The monoisotopic (exact) mass is 472 g/mol. The lowest BCUT2D eigenvalue weighted by molar-refractivity contribution is -0.130. The van der Waals surface area contributed by atoms with Gasteiger partial charge in [-0.15, -0.1) is 0 Å². The molecule has 1 amide bonds. The highest BCUT2D eigenvalue weighted by atomic mass is 35.5. The molecule has 7 heteroatoms. The van der Waals surface area contributed by atoms with E-state index < -0.39 is 11.4 Å². The fourth-order valence-electron chi connectivity index (χ4n) is 5.21. The lowest BCUT2D eigenvalue weighted by Crippen LogP contribution is -2.43. The molecule has 4 rings (SSSR count). The minimum atomic E-state index is -0.651. The van der Waals surface area contributed by atoms with Crippen LogP contribution in [0.25, 0.3) is 0 Å². The summed E-state index contributed by atoms with van der Waals surface area (Å²) in [6.45, 7) is 8.32. The summed E-state index contributed by atoms with van der Waals surface area (Å²) in [4.78, 5) is 31.4. The SMILES string of the molecule is Cc1ccc(NC(=O)C23CCC(C)(C(=NOC(=O)c4ccc(Cl)cc4Cl)C2)C3(C)C)cc1. The number of aryl methyl sites for hydroxylation is 1. The predicted octanol–water partition coefficient (Wildman–Crippen LogP) is 6.67. The Bertz CT molecular complexity index is 1130. The molecule has 2 unspecified atom stereocenters. The Hall–Kier alpha value is -2.37. The van der Waals surface area contributed by atoms with Gasteiger partial charge in [0.15, 0.2) is 0 Å². The molecule has 0 aromatic heterocycles. The van der Waals surface area contributed by atoms with Crippen molar-refractivity contribution in [2.45, 2.75) is 47.0 Å². The number of benzene rings is 2.